The molecule has 6 heteroatoms. The number of para-hydroxylation sites is 3. The first-order chi connectivity index (χ1) is 16.5. The molecule has 0 saturated carbocycles. The lowest BCUT2D eigenvalue weighted by molar-refractivity contribution is -0.120. The van der Waals surface area contributed by atoms with E-state index in [2.05, 4.69) is 6.92 Å². The Hall–Kier alpha value is -3.48. The lowest BCUT2D eigenvalue weighted by Gasteiger charge is -2.27. The summed E-state index contributed by atoms with van der Waals surface area (Å²) in [5.74, 6) is 0.319. The molecule has 3 aromatic carbocycles. The van der Waals surface area contributed by atoms with Crippen molar-refractivity contribution in [3.63, 3.8) is 0 Å². The van der Waals surface area contributed by atoms with Crippen LogP contribution < -0.4 is 4.90 Å². The van der Waals surface area contributed by atoms with E-state index < -0.39 is 6.10 Å². The van der Waals surface area contributed by atoms with E-state index in [1.807, 2.05) is 91.2 Å². The number of imidazole rings is 1. The molecular weight excluding hydrogens is 426 g/mol. The van der Waals surface area contributed by atoms with Crippen LogP contribution in [0.25, 0.3) is 11.0 Å². The first-order valence-corrected chi connectivity index (χ1v) is 11.7. The number of amides is 1. The molecule has 0 fully saturated rings. The number of carbonyl (C=O) groups excluding carboxylic acids is 1. The zero-order valence-electron chi connectivity index (χ0n) is 19.9. The number of benzene rings is 3. The van der Waals surface area contributed by atoms with Crippen LogP contribution in [0.1, 0.15) is 42.5 Å². The second-order valence-corrected chi connectivity index (χ2v) is 8.24. The zero-order valence-corrected chi connectivity index (χ0v) is 19.9. The Morgan fingerprint density at radius 2 is 1.76 bits per heavy atom. The zero-order chi connectivity index (χ0) is 24.1. The van der Waals surface area contributed by atoms with Crippen LogP contribution in [0.2, 0.25) is 0 Å². The Bertz CT molecular complexity index is 1270. The Labute approximate surface area is 200 Å². The monoisotopic (exact) mass is 457 g/mol. The fourth-order valence-corrected chi connectivity index (χ4v) is 4.31. The Morgan fingerprint density at radius 1 is 1.03 bits per heavy atom. The maximum Gasteiger partial charge on any atom is 0.248 e. The van der Waals surface area contributed by atoms with Gasteiger partial charge in [-0.15, -0.1) is 0 Å². The van der Waals surface area contributed by atoms with Crippen LogP contribution in [0, 0.1) is 6.92 Å². The number of nitrogens with zero attached hydrogens (tertiary/aromatic N) is 3. The van der Waals surface area contributed by atoms with E-state index in [1.54, 1.807) is 4.90 Å². The summed E-state index contributed by atoms with van der Waals surface area (Å²) in [4.78, 5) is 20.2. The average molecular weight is 458 g/mol. The van der Waals surface area contributed by atoms with E-state index in [1.165, 1.54) is 0 Å². The third kappa shape index (κ3) is 4.74. The van der Waals surface area contributed by atoms with Crippen molar-refractivity contribution in [2.45, 2.75) is 39.8 Å². The van der Waals surface area contributed by atoms with Crippen molar-refractivity contribution in [1.29, 1.82) is 0 Å². The quantitative estimate of drug-likeness (QED) is 0.359. The molecule has 0 bridgehead atoms. The summed E-state index contributed by atoms with van der Waals surface area (Å²) in [6, 6.07) is 23.1. The summed E-state index contributed by atoms with van der Waals surface area (Å²) in [6.45, 7) is 6.71. The van der Waals surface area contributed by atoms with E-state index in [0.29, 0.717) is 12.4 Å². The number of aryl methyl sites for hydroxylation is 2. The minimum Gasteiger partial charge on any atom is -0.380 e. The minimum atomic E-state index is -0.952. The van der Waals surface area contributed by atoms with Crippen molar-refractivity contribution < 1.29 is 14.6 Å². The highest BCUT2D eigenvalue weighted by Crippen LogP contribution is 2.29. The van der Waals surface area contributed by atoms with Crippen LogP contribution in [0.5, 0.6) is 0 Å². The van der Waals surface area contributed by atoms with Gasteiger partial charge in [0, 0.05) is 6.61 Å². The van der Waals surface area contributed by atoms with Gasteiger partial charge in [0.25, 0.3) is 0 Å². The molecule has 1 unspecified atom stereocenters. The van der Waals surface area contributed by atoms with E-state index in [0.717, 1.165) is 39.8 Å². The van der Waals surface area contributed by atoms with Gasteiger partial charge >= 0.3 is 0 Å². The number of anilines is 1. The molecule has 1 aromatic heterocycles. The van der Waals surface area contributed by atoms with Crippen LogP contribution in [0.15, 0.2) is 72.8 Å². The van der Waals surface area contributed by atoms with Crippen LogP contribution >= 0.6 is 0 Å². The van der Waals surface area contributed by atoms with Crippen molar-refractivity contribution in [3.8, 4) is 0 Å². The molecular formula is C28H31N3O3. The Balaban J connectivity index is 1.77. The highest BCUT2D eigenvalue weighted by Gasteiger charge is 2.25. The SMILES string of the molecule is CCOCN(C(=O)Cn1c(C(O)c2ccccc2)nc2ccccc21)c1c(C)cccc1CC. The molecule has 1 atom stereocenters. The number of aliphatic hydroxyl groups is 1. The van der Waals surface area contributed by atoms with Crippen molar-refractivity contribution in [1.82, 2.24) is 9.55 Å². The molecule has 0 spiro atoms. The molecule has 0 aliphatic heterocycles. The number of aliphatic hydroxyl groups excluding tert-OH is 1. The van der Waals surface area contributed by atoms with Crippen molar-refractivity contribution in [2.24, 2.45) is 0 Å². The van der Waals surface area contributed by atoms with Crippen molar-refractivity contribution in [2.75, 3.05) is 18.2 Å². The topological polar surface area (TPSA) is 67.6 Å². The minimum absolute atomic E-state index is 0.0320. The fourth-order valence-electron chi connectivity index (χ4n) is 4.31. The van der Waals surface area contributed by atoms with Crippen LogP contribution in [0.4, 0.5) is 5.69 Å². The molecule has 34 heavy (non-hydrogen) atoms. The number of rotatable bonds is 9. The lowest BCUT2D eigenvalue weighted by atomic mass is 10.0. The maximum absolute atomic E-state index is 13.8. The van der Waals surface area contributed by atoms with E-state index in [9.17, 15) is 9.90 Å². The average Bonchev–Trinajstić information content (AvgIpc) is 3.23. The van der Waals surface area contributed by atoms with Gasteiger partial charge in [-0.1, -0.05) is 67.6 Å². The normalized spacial score (nSPS) is 12.1. The molecule has 0 aliphatic rings. The van der Waals surface area contributed by atoms with Gasteiger partial charge < -0.3 is 14.4 Å². The molecule has 0 saturated heterocycles. The second kappa shape index (κ2) is 10.6. The van der Waals surface area contributed by atoms with Gasteiger partial charge in [0.1, 0.15) is 25.2 Å². The molecule has 1 amide bonds. The number of ether oxygens (including phenoxy) is 1. The Kier molecular flexibility index (Phi) is 7.40. The molecule has 0 radical (unpaired) electrons. The predicted octanol–water partition coefficient (Wildman–Crippen LogP) is 5.02. The third-order valence-electron chi connectivity index (χ3n) is 6.04. The van der Waals surface area contributed by atoms with E-state index in [4.69, 9.17) is 9.72 Å². The maximum atomic E-state index is 13.8. The fraction of sp³-hybridized carbons (Fsp3) is 0.286. The molecule has 0 aliphatic carbocycles. The molecule has 176 valence electrons. The van der Waals surface area contributed by atoms with Crippen molar-refractivity contribution >= 4 is 22.6 Å². The van der Waals surface area contributed by atoms with E-state index in [-0.39, 0.29) is 19.2 Å². The number of aromatic nitrogens is 2. The first kappa shape index (κ1) is 23.7. The van der Waals surface area contributed by atoms with Crippen molar-refractivity contribution in [3.05, 3.63) is 95.3 Å². The van der Waals surface area contributed by atoms with Gasteiger partial charge in [0.15, 0.2) is 0 Å². The highest BCUT2D eigenvalue weighted by atomic mass is 16.5. The number of hydrogen-bond donors (Lipinski definition) is 1. The molecule has 6 nitrogen and oxygen atoms in total. The standard InChI is InChI=1S/C28H31N3O3/c1-4-21-15-11-12-20(3)26(21)31(19-34-5-2)25(32)18-30-24-17-10-9-16-23(24)29-28(30)27(33)22-13-7-6-8-14-22/h6-17,27,33H,4-5,18-19H2,1-3H3. The van der Waals surface area contributed by atoms with Crippen LogP contribution in [-0.2, 0) is 22.5 Å². The molecule has 4 aromatic rings. The third-order valence-corrected chi connectivity index (χ3v) is 6.04. The largest absolute Gasteiger partial charge is 0.380 e. The van der Waals surface area contributed by atoms with Gasteiger partial charge in [-0.2, -0.15) is 0 Å². The number of fused-ring (bicyclic) bond motifs is 1. The Morgan fingerprint density at radius 3 is 2.50 bits per heavy atom. The van der Waals surface area contributed by atoms with Crippen LogP contribution in [-0.4, -0.2) is 33.9 Å². The predicted molar refractivity (Wildman–Crippen MR) is 135 cm³/mol. The van der Waals surface area contributed by atoms with Gasteiger partial charge in [-0.05, 0) is 49.1 Å². The molecule has 4 rings (SSSR count). The van der Waals surface area contributed by atoms with Gasteiger partial charge in [-0.3, -0.25) is 9.69 Å². The van der Waals surface area contributed by atoms with Gasteiger partial charge in [0.2, 0.25) is 5.91 Å². The summed E-state index contributed by atoms with van der Waals surface area (Å²) in [7, 11) is 0. The first-order valence-electron chi connectivity index (χ1n) is 11.7. The lowest BCUT2D eigenvalue weighted by Crippen LogP contribution is -2.37. The number of carbonyl (C=O) groups is 1. The smallest absolute Gasteiger partial charge is 0.248 e. The van der Waals surface area contributed by atoms with E-state index >= 15 is 0 Å². The second-order valence-electron chi connectivity index (χ2n) is 8.24. The summed E-state index contributed by atoms with van der Waals surface area (Å²) < 4.78 is 7.53. The summed E-state index contributed by atoms with van der Waals surface area (Å²) in [5, 5.41) is 11.2. The van der Waals surface area contributed by atoms with Gasteiger partial charge in [0.05, 0.1) is 16.7 Å². The summed E-state index contributed by atoms with van der Waals surface area (Å²) >= 11 is 0. The highest BCUT2D eigenvalue weighted by molar-refractivity contribution is 5.95. The molecule has 1 N–H and O–H groups in total. The summed E-state index contributed by atoms with van der Waals surface area (Å²) in [6.07, 6.45) is -0.148. The summed E-state index contributed by atoms with van der Waals surface area (Å²) in [5.41, 5.74) is 5.27. The van der Waals surface area contributed by atoms with Crippen LogP contribution in [0.3, 0.4) is 0 Å². The molecule has 1 heterocycles. The number of hydrogen-bond acceptors (Lipinski definition) is 4. The van der Waals surface area contributed by atoms with Gasteiger partial charge in [-0.25, -0.2) is 4.98 Å².